The van der Waals surface area contributed by atoms with E-state index in [1.807, 2.05) is 24.3 Å². The minimum absolute atomic E-state index is 0.0315. The van der Waals surface area contributed by atoms with Crippen LogP contribution in [0.25, 0.3) is 0 Å². The minimum atomic E-state index is -4.07. The monoisotopic (exact) mass is 1280 g/mol. The van der Waals surface area contributed by atoms with Crippen molar-refractivity contribution in [1.29, 1.82) is 0 Å². The second-order valence-corrected chi connectivity index (χ2v) is 59.9. The van der Waals surface area contributed by atoms with Crippen LogP contribution in [0.3, 0.4) is 0 Å². The van der Waals surface area contributed by atoms with E-state index in [-0.39, 0.29) is 82.6 Å². The SMILES string of the molecule is CC(C)(C)[Si](C)(C)OCCN(CCO[Si](C)(C)C(C)(C)C)S(=O)(=O)c1cccc[c]1[Bi]([I])[c]1ccccc1S(=O)(=O)N(CCO[Si](C)(C)C(C)(C)C)CCO[Si](C)(C)C(C)(C)C. The molecule has 0 atom stereocenters. The summed E-state index contributed by atoms with van der Waals surface area (Å²) in [7, 11) is -16.8. The normalized spacial score (nSPS) is 14.7. The number of benzene rings is 2. The second-order valence-electron chi connectivity index (χ2n) is 22.5. The van der Waals surface area contributed by atoms with E-state index in [9.17, 15) is 0 Å². The molecule has 0 aliphatic heterocycles. The van der Waals surface area contributed by atoms with Crippen LogP contribution in [0.2, 0.25) is 72.5 Å². The van der Waals surface area contributed by atoms with Crippen LogP contribution < -0.4 is 6.54 Å². The van der Waals surface area contributed by atoms with Gasteiger partial charge in [-0.3, -0.25) is 0 Å². The van der Waals surface area contributed by atoms with Crippen molar-refractivity contribution in [2.24, 2.45) is 0 Å². The fourth-order valence-electron chi connectivity index (χ4n) is 5.26. The third kappa shape index (κ3) is 15.3. The Morgan fingerprint density at radius 2 is 0.661 bits per heavy atom. The molecule has 62 heavy (non-hydrogen) atoms. The van der Waals surface area contributed by atoms with E-state index in [0.717, 1.165) is 0 Å². The number of hydrogen-bond acceptors (Lipinski definition) is 8. The first-order chi connectivity index (χ1) is 27.7. The molecule has 358 valence electrons. The molecule has 0 saturated carbocycles. The van der Waals surface area contributed by atoms with E-state index in [2.05, 4.69) is 154 Å². The Kier molecular flexibility index (Phi) is 20.7. The van der Waals surface area contributed by atoms with Crippen molar-refractivity contribution in [3.8, 4) is 0 Å². The number of rotatable bonds is 22. The van der Waals surface area contributed by atoms with Crippen molar-refractivity contribution in [2.75, 3.05) is 52.6 Å². The molecule has 0 unspecified atom stereocenters. The third-order valence-corrected chi connectivity index (χ3v) is 52.6. The third-order valence-electron chi connectivity index (χ3n) is 13.8. The topological polar surface area (TPSA) is 112 Å². The molecule has 0 aliphatic carbocycles. The van der Waals surface area contributed by atoms with E-state index < -0.39 is 70.9 Å². The van der Waals surface area contributed by atoms with Crippen LogP contribution in [-0.4, -0.2) is 129 Å². The van der Waals surface area contributed by atoms with E-state index in [1.54, 1.807) is 24.3 Å². The molecule has 0 amide bonds. The molecule has 0 bridgehead atoms. The van der Waals surface area contributed by atoms with Crippen LogP contribution in [0.1, 0.15) is 83.1 Å². The van der Waals surface area contributed by atoms with E-state index in [4.69, 9.17) is 17.7 Å². The maximum atomic E-state index is 15.0. The van der Waals surface area contributed by atoms with Crippen LogP contribution in [0.4, 0.5) is 0 Å². The van der Waals surface area contributed by atoms with Crippen LogP contribution >= 0.6 is 18.0 Å². The molecule has 0 fully saturated rings. The van der Waals surface area contributed by atoms with Crippen molar-refractivity contribution in [3.63, 3.8) is 0 Å². The molecule has 0 heterocycles. The van der Waals surface area contributed by atoms with Gasteiger partial charge in [0.15, 0.2) is 0 Å². The summed E-state index contributed by atoms with van der Waals surface area (Å²) in [6.07, 6.45) is 0. The predicted molar refractivity (Wildman–Crippen MR) is 282 cm³/mol. The molecular formula is C44H84BiIN2O8S2Si4. The summed E-state index contributed by atoms with van der Waals surface area (Å²) in [4.78, 5) is 0.447. The van der Waals surface area contributed by atoms with Gasteiger partial charge in [0, 0.05) is 0 Å². The summed E-state index contributed by atoms with van der Waals surface area (Å²) in [5.74, 6) is 0. The van der Waals surface area contributed by atoms with Crippen molar-refractivity contribution in [2.45, 2.75) is 165 Å². The fraction of sp³-hybridized carbons (Fsp3) is 0.727. The Bertz CT molecular complexity index is 1790. The summed E-state index contributed by atoms with van der Waals surface area (Å²) in [5.41, 5.74) is 0. The van der Waals surface area contributed by atoms with Crippen LogP contribution in [0, 0.1) is 0 Å². The number of nitrogens with zero attached hydrogens (tertiary/aromatic N) is 2. The Labute approximate surface area is 401 Å². The summed E-state index contributed by atoms with van der Waals surface area (Å²) in [5, 5.41) is -0.126. The summed E-state index contributed by atoms with van der Waals surface area (Å²) in [6.45, 7) is 45.3. The van der Waals surface area contributed by atoms with Gasteiger partial charge in [-0.1, -0.05) is 0 Å². The Morgan fingerprint density at radius 3 is 0.871 bits per heavy atom. The zero-order chi connectivity index (χ0) is 48.2. The molecule has 2 aromatic carbocycles. The quantitative estimate of drug-likeness (QED) is 0.0847. The zero-order valence-electron chi connectivity index (χ0n) is 42.1. The Balaban J connectivity index is 2.67. The van der Waals surface area contributed by atoms with Gasteiger partial charge in [0.2, 0.25) is 0 Å². The molecular weight excluding hydrogens is 1200 g/mol. The van der Waals surface area contributed by atoms with Gasteiger partial charge in [0.1, 0.15) is 0 Å². The van der Waals surface area contributed by atoms with Crippen molar-refractivity contribution < 1.29 is 34.5 Å². The van der Waals surface area contributed by atoms with Crippen molar-refractivity contribution in [1.82, 2.24) is 8.61 Å². The van der Waals surface area contributed by atoms with Gasteiger partial charge < -0.3 is 0 Å². The summed E-state index contributed by atoms with van der Waals surface area (Å²) >= 11 is -1.01. The van der Waals surface area contributed by atoms with Gasteiger partial charge in [-0.2, -0.15) is 0 Å². The van der Waals surface area contributed by atoms with Gasteiger partial charge in [-0.25, -0.2) is 0 Å². The van der Waals surface area contributed by atoms with Gasteiger partial charge in [0.25, 0.3) is 0 Å². The van der Waals surface area contributed by atoms with E-state index in [0.29, 0.717) is 6.54 Å². The molecule has 0 saturated heterocycles. The van der Waals surface area contributed by atoms with Crippen molar-refractivity contribution >= 4 is 95.5 Å². The molecule has 2 rings (SSSR count). The average molecular weight is 1280 g/mol. The second kappa shape index (κ2) is 21.9. The van der Waals surface area contributed by atoms with Crippen LogP contribution in [0.5, 0.6) is 0 Å². The standard InChI is InChI=1S/2C22H42NO4SSi2.Bi.HI/c2*1-21(2,3)29(7,8)26-18-16-23(17-19-27-30(9,10)22(4,5)6)28(24,25)20-14-12-11-13-15-20;;/h2*11-14H,16-19H2,1-10H3;;1H/q;;+1;/p-1. The van der Waals surface area contributed by atoms with E-state index in [1.165, 1.54) is 8.61 Å². The maximum absolute atomic E-state index is 15.0. The molecule has 18 heteroatoms. The first-order valence-electron chi connectivity index (χ1n) is 21.9. The van der Waals surface area contributed by atoms with Crippen LogP contribution in [0.15, 0.2) is 58.3 Å². The van der Waals surface area contributed by atoms with Crippen molar-refractivity contribution in [3.05, 3.63) is 48.5 Å². The molecule has 0 aliphatic rings. The predicted octanol–water partition coefficient (Wildman–Crippen LogP) is 10.3. The van der Waals surface area contributed by atoms with Gasteiger partial charge in [-0.05, 0) is 0 Å². The van der Waals surface area contributed by atoms with Gasteiger partial charge >= 0.3 is 405 Å². The Hall–Kier alpha value is 0.581. The average Bonchev–Trinajstić information content (AvgIpc) is 3.11. The molecule has 0 spiro atoms. The van der Waals surface area contributed by atoms with E-state index >= 15 is 16.8 Å². The Morgan fingerprint density at radius 1 is 0.452 bits per heavy atom. The molecule has 0 aromatic heterocycles. The molecule has 10 nitrogen and oxygen atoms in total. The number of hydrogen-bond donors (Lipinski definition) is 0. The zero-order valence-corrected chi connectivity index (χ0v) is 53.3. The molecule has 0 radical (unpaired) electrons. The van der Waals surface area contributed by atoms with Crippen LogP contribution in [-0.2, 0) is 37.8 Å². The molecule has 0 N–H and O–H groups in total. The fourth-order valence-corrected chi connectivity index (χ4v) is 31.7. The number of sulfonamides is 2. The number of halogens is 1. The first kappa shape index (κ1) is 58.7. The first-order valence-corrected chi connectivity index (χ1v) is 49.7. The summed E-state index contributed by atoms with van der Waals surface area (Å²) in [6, 6.07) is 14.4. The molecule has 2 aromatic rings. The van der Waals surface area contributed by atoms with Gasteiger partial charge in [-0.15, -0.1) is 0 Å². The summed E-state index contributed by atoms with van der Waals surface area (Å²) < 4.78 is 90.8. The van der Waals surface area contributed by atoms with Gasteiger partial charge in [0.05, 0.1) is 0 Å².